The van der Waals surface area contributed by atoms with Crippen molar-refractivity contribution in [3.05, 3.63) is 40.0 Å². The van der Waals surface area contributed by atoms with Crippen molar-refractivity contribution in [1.29, 1.82) is 0 Å². The van der Waals surface area contributed by atoms with Gasteiger partial charge in [0.05, 0.1) is 0 Å². The second-order valence-corrected chi connectivity index (χ2v) is 6.41. The molecule has 0 spiro atoms. The fourth-order valence-electron chi connectivity index (χ4n) is 2.98. The Morgan fingerprint density at radius 2 is 1.59 bits per heavy atom. The highest BCUT2D eigenvalue weighted by Gasteiger charge is 2.41. The van der Waals surface area contributed by atoms with Crippen molar-refractivity contribution in [2.24, 2.45) is 0 Å². The van der Waals surface area contributed by atoms with Crippen LogP contribution in [0.15, 0.2) is 35.0 Å². The Kier molecular flexibility index (Phi) is 4.41. The van der Waals surface area contributed by atoms with E-state index in [1.807, 2.05) is 0 Å². The molecule has 2 aliphatic rings. The lowest BCUT2D eigenvalue weighted by atomic mass is 9.94. The van der Waals surface area contributed by atoms with Gasteiger partial charge < -0.3 is 5.32 Å². The Hall–Kier alpha value is -1.52. The summed E-state index contributed by atoms with van der Waals surface area (Å²) in [5.74, 6) is -0.730. The minimum Gasteiger partial charge on any atom is -0.350 e. The zero-order chi connectivity index (χ0) is 15.7. The number of carbonyl (C=O) groups excluding carboxylic acids is 2. The van der Waals surface area contributed by atoms with Crippen molar-refractivity contribution in [1.82, 2.24) is 4.90 Å². The average molecular weight is 339 g/mol. The first-order valence-corrected chi connectivity index (χ1v) is 8.14. The van der Waals surface area contributed by atoms with Crippen LogP contribution in [0.1, 0.15) is 32.1 Å². The van der Waals surface area contributed by atoms with Crippen LogP contribution in [-0.4, -0.2) is 22.8 Å². The van der Waals surface area contributed by atoms with Crippen molar-refractivity contribution < 1.29 is 9.59 Å². The summed E-state index contributed by atoms with van der Waals surface area (Å²) in [6, 6.07) is 6.85. The van der Waals surface area contributed by atoms with E-state index >= 15 is 0 Å². The highest BCUT2D eigenvalue weighted by Crippen LogP contribution is 2.32. The minimum atomic E-state index is -0.393. The van der Waals surface area contributed by atoms with E-state index in [0.717, 1.165) is 32.1 Å². The van der Waals surface area contributed by atoms with Crippen LogP contribution in [0, 0.1) is 0 Å². The van der Waals surface area contributed by atoms with Crippen LogP contribution in [0.3, 0.4) is 0 Å². The molecule has 1 saturated carbocycles. The highest BCUT2D eigenvalue weighted by molar-refractivity contribution is 6.48. The van der Waals surface area contributed by atoms with Gasteiger partial charge in [-0.25, -0.2) is 0 Å². The van der Waals surface area contributed by atoms with Crippen molar-refractivity contribution in [2.45, 2.75) is 38.1 Å². The standard InChI is InChI=1S/C16H16Cl2N2O2/c17-10-6-8-11(9-7-10)19-14-13(18)15(21)20(16(14)22)12-4-2-1-3-5-12/h6-9,12,19H,1-5H2. The average Bonchev–Trinajstić information content (AvgIpc) is 2.74. The lowest BCUT2D eigenvalue weighted by Gasteiger charge is -2.29. The molecular weight excluding hydrogens is 323 g/mol. The molecule has 0 atom stereocenters. The predicted octanol–water partition coefficient (Wildman–Crippen LogP) is 3.90. The van der Waals surface area contributed by atoms with Crippen molar-refractivity contribution in [2.75, 3.05) is 5.32 Å². The molecule has 0 radical (unpaired) electrons. The van der Waals surface area contributed by atoms with E-state index in [9.17, 15) is 9.59 Å². The van der Waals surface area contributed by atoms with Crippen LogP contribution >= 0.6 is 23.2 Å². The fourth-order valence-corrected chi connectivity index (χ4v) is 3.32. The van der Waals surface area contributed by atoms with Gasteiger partial charge in [-0.2, -0.15) is 0 Å². The summed E-state index contributed by atoms with van der Waals surface area (Å²) < 4.78 is 0. The van der Waals surface area contributed by atoms with Gasteiger partial charge in [0.25, 0.3) is 11.8 Å². The highest BCUT2D eigenvalue weighted by atomic mass is 35.5. The van der Waals surface area contributed by atoms with Crippen molar-refractivity contribution in [3.63, 3.8) is 0 Å². The summed E-state index contributed by atoms with van der Waals surface area (Å²) in [7, 11) is 0. The van der Waals surface area contributed by atoms with Gasteiger partial charge in [-0.15, -0.1) is 0 Å². The molecule has 1 heterocycles. The maximum Gasteiger partial charge on any atom is 0.279 e. The normalized spacial score (nSPS) is 20.0. The van der Waals surface area contributed by atoms with E-state index in [1.54, 1.807) is 24.3 Å². The number of imide groups is 1. The fraction of sp³-hybridized carbons (Fsp3) is 0.375. The molecular formula is C16H16Cl2N2O2. The van der Waals surface area contributed by atoms with E-state index in [2.05, 4.69) is 5.32 Å². The molecule has 2 amide bonds. The van der Waals surface area contributed by atoms with Gasteiger partial charge >= 0.3 is 0 Å². The molecule has 0 unspecified atom stereocenters. The van der Waals surface area contributed by atoms with Gasteiger partial charge in [-0.1, -0.05) is 42.5 Å². The molecule has 0 aromatic heterocycles. The van der Waals surface area contributed by atoms with Gasteiger partial charge in [0.2, 0.25) is 0 Å². The Morgan fingerprint density at radius 1 is 0.955 bits per heavy atom. The smallest absolute Gasteiger partial charge is 0.279 e. The van der Waals surface area contributed by atoms with Gasteiger partial charge in [0, 0.05) is 16.8 Å². The van der Waals surface area contributed by atoms with Crippen LogP contribution < -0.4 is 5.32 Å². The van der Waals surface area contributed by atoms with Gasteiger partial charge in [0.1, 0.15) is 10.7 Å². The molecule has 0 bridgehead atoms. The summed E-state index contributed by atoms with van der Waals surface area (Å²) in [5.41, 5.74) is 0.823. The number of halogens is 2. The number of nitrogens with zero attached hydrogens (tertiary/aromatic N) is 1. The Bertz CT molecular complexity index is 634. The molecule has 6 heteroatoms. The summed E-state index contributed by atoms with van der Waals surface area (Å²) in [5, 5.41) is 3.51. The third kappa shape index (κ3) is 2.85. The maximum absolute atomic E-state index is 12.6. The summed E-state index contributed by atoms with van der Waals surface area (Å²) in [6.45, 7) is 0. The van der Waals surface area contributed by atoms with Crippen molar-refractivity contribution in [3.8, 4) is 0 Å². The maximum atomic E-state index is 12.6. The monoisotopic (exact) mass is 338 g/mol. The zero-order valence-electron chi connectivity index (χ0n) is 11.9. The van der Waals surface area contributed by atoms with Crippen LogP contribution in [-0.2, 0) is 9.59 Å². The second kappa shape index (κ2) is 6.31. The topological polar surface area (TPSA) is 49.4 Å². The first kappa shape index (κ1) is 15.4. The molecule has 1 aliphatic heterocycles. The molecule has 1 aromatic rings. The molecule has 3 rings (SSSR count). The number of nitrogens with one attached hydrogen (secondary N) is 1. The number of hydrogen-bond acceptors (Lipinski definition) is 3. The first-order valence-electron chi connectivity index (χ1n) is 7.38. The molecule has 1 aliphatic carbocycles. The molecule has 1 aromatic carbocycles. The zero-order valence-corrected chi connectivity index (χ0v) is 13.5. The molecule has 0 saturated heterocycles. The number of benzene rings is 1. The van der Waals surface area contributed by atoms with E-state index in [4.69, 9.17) is 23.2 Å². The van der Waals surface area contributed by atoms with E-state index in [-0.39, 0.29) is 22.7 Å². The summed E-state index contributed by atoms with van der Waals surface area (Å²) in [6.07, 6.45) is 4.95. The van der Waals surface area contributed by atoms with E-state index < -0.39 is 5.91 Å². The van der Waals surface area contributed by atoms with Gasteiger partial charge in [-0.3, -0.25) is 14.5 Å². The molecule has 4 nitrogen and oxygen atoms in total. The Balaban J connectivity index is 1.80. The minimum absolute atomic E-state index is 0.0352. The van der Waals surface area contributed by atoms with Gasteiger partial charge in [0.15, 0.2) is 0 Å². The number of anilines is 1. The third-order valence-corrected chi connectivity index (χ3v) is 4.71. The third-order valence-electron chi connectivity index (χ3n) is 4.11. The number of hydrogen-bond donors (Lipinski definition) is 1. The van der Waals surface area contributed by atoms with Gasteiger partial charge in [-0.05, 0) is 37.1 Å². The molecule has 1 fully saturated rings. The van der Waals surface area contributed by atoms with E-state index in [0.29, 0.717) is 10.7 Å². The second-order valence-electron chi connectivity index (χ2n) is 5.59. The lowest BCUT2D eigenvalue weighted by Crippen LogP contribution is -2.42. The van der Waals surface area contributed by atoms with Crippen LogP contribution in [0.4, 0.5) is 5.69 Å². The lowest BCUT2D eigenvalue weighted by molar-refractivity contribution is -0.140. The Morgan fingerprint density at radius 3 is 2.23 bits per heavy atom. The molecule has 116 valence electrons. The number of rotatable bonds is 3. The first-order chi connectivity index (χ1) is 10.6. The predicted molar refractivity (Wildman–Crippen MR) is 86.7 cm³/mol. The molecule has 1 N–H and O–H groups in total. The SMILES string of the molecule is O=C1C(Cl)=C(Nc2ccc(Cl)cc2)C(=O)N1C1CCCCC1. The van der Waals surface area contributed by atoms with E-state index in [1.165, 1.54) is 4.90 Å². The van der Waals surface area contributed by atoms with Crippen molar-refractivity contribution >= 4 is 40.7 Å². The summed E-state index contributed by atoms with van der Waals surface area (Å²) in [4.78, 5) is 26.2. The number of amides is 2. The quantitative estimate of drug-likeness (QED) is 0.850. The van der Waals surface area contributed by atoms with Crippen LogP contribution in [0.5, 0.6) is 0 Å². The molecule has 22 heavy (non-hydrogen) atoms. The summed E-state index contributed by atoms with van der Waals surface area (Å²) >= 11 is 11.9. The number of carbonyl (C=O) groups is 2. The van der Waals surface area contributed by atoms with Crippen LogP contribution in [0.2, 0.25) is 5.02 Å². The van der Waals surface area contributed by atoms with Crippen LogP contribution in [0.25, 0.3) is 0 Å². The Labute approximate surface area is 139 Å². The largest absolute Gasteiger partial charge is 0.350 e.